The summed E-state index contributed by atoms with van der Waals surface area (Å²) in [6.07, 6.45) is 9.46. The van der Waals surface area contributed by atoms with Crippen LogP contribution in [0.4, 0.5) is 13.2 Å². The average molecular weight is 439 g/mol. The number of hydrogen-bond acceptors (Lipinski definition) is 4. The van der Waals surface area contributed by atoms with Crippen molar-refractivity contribution < 1.29 is 18.6 Å². The summed E-state index contributed by atoms with van der Waals surface area (Å²) in [7, 11) is 0. The normalized spacial score (nSPS) is 15.5. The third-order valence-electron chi connectivity index (χ3n) is 4.95. The number of nitrogens with two attached hydrogens (primary N) is 2. The van der Waals surface area contributed by atoms with Crippen molar-refractivity contribution in [3.63, 3.8) is 0 Å². The predicted molar refractivity (Wildman–Crippen MR) is 111 cm³/mol. The van der Waals surface area contributed by atoms with Gasteiger partial charge in [0.15, 0.2) is 17.5 Å². The summed E-state index contributed by atoms with van der Waals surface area (Å²) in [6, 6.07) is 4.23. The van der Waals surface area contributed by atoms with Crippen molar-refractivity contribution in [2.45, 2.75) is 18.9 Å². The maximum atomic E-state index is 13.6. The van der Waals surface area contributed by atoms with Crippen LogP contribution in [0.25, 0.3) is 11.3 Å². The topological polar surface area (TPSA) is 112 Å². The number of amidine groups is 1. The number of hydrogen-bond donors (Lipinski definition) is 2. The molecule has 0 aliphatic heterocycles. The molecular weight excluding hydrogens is 421 g/mol. The van der Waals surface area contributed by atoms with Gasteiger partial charge in [-0.05, 0) is 30.2 Å². The molecule has 2 heterocycles. The molecule has 3 aromatic rings. The quantitative estimate of drug-likeness (QED) is 0.353. The number of benzene rings is 1. The largest absolute Gasteiger partial charge is 0.287 e. The van der Waals surface area contributed by atoms with Gasteiger partial charge in [-0.2, -0.15) is 5.10 Å². The number of aromatic nitrogens is 4. The molecule has 1 aliphatic carbocycles. The first-order chi connectivity index (χ1) is 15.3. The summed E-state index contributed by atoms with van der Waals surface area (Å²) in [5, 5.41) is 9.72. The van der Waals surface area contributed by atoms with E-state index in [1.807, 2.05) is 18.2 Å². The molecule has 0 saturated heterocycles. The molecule has 32 heavy (non-hydrogen) atoms. The molecule has 162 valence electrons. The van der Waals surface area contributed by atoms with Crippen LogP contribution in [0.3, 0.4) is 0 Å². The van der Waals surface area contributed by atoms with Crippen LogP contribution < -0.4 is 16.7 Å². The first kappa shape index (κ1) is 21.2. The Bertz CT molecular complexity index is 1290. The highest BCUT2D eigenvalue weighted by Gasteiger charge is 2.17. The average Bonchev–Trinajstić information content (AvgIpc) is 2.79. The third-order valence-corrected chi connectivity index (χ3v) is 4.95. The minimum Gasteiger partial charge on any atom is -0.287 e. The Balaban J connectivity index is 1.61. The van der Waals surface area contributed by atoms with Crippen LogP contribution in [0.15, 0.2) is 65.3 Å². The summed E-state index contributed by atoms with van der Waals surface area (Å²) >= 11 is 0. The van der Waals surface area contributed by atoms with Crippen LogP contribution in [0, 0.1) is 17.5 Å². The molecule has 0 saturated carbocycles. The monoisotopic (exact) mass is 439 g/mol. The molecule has 1 unspecified atom stereocenters. The molecule has 4 N–H and O–H groups in total. The van der Waals surface area contributed by atoms with Gasteiger partial charge in [0.25, 0.3) is 11.4 Å². The first-order valence-electron chi connectivity index (χ1n) is 9.62. The second kappa shape index (κ2) is 8.58. The van der Waals surface area contributed by atoms with E-state index in [1.54, 1.807) is 12.4 Å². The summed E-state index contributed by atoms with van der Waals surface area (Å²) in [6.45, 7) is 0.118. The summed E-state index contributed by atoms with van der Waals surface area (Å²) in [5.74, 6) is -3.65. The van der Waals surface area contributed by atoms with E-state index in [0.717, 1.165) is 17.7 Å². The zero-order chi connectivity index (χ0) is 22.8. The molecule has 0 spiro atoms. The van der Waals surface area contributed by atoms with Gasteiger partial charge in [-0.1, -0.05) is 18.2 Å². The molecule has 4 rings (SSSR count). The van der Waals surface area contributed by atoms with Crippen LogP contribution in [0.1, 0.15) is 23.7 Å². The van der Waals surface area contributed by atoms with Crippen LogP contribution in [0.2, 0.25) is 0 Å². The molecule has 10 heteroatoms. The molecular formula is C22H18F3N6O+. The van der Waals surface area contributed by atoms with Gasteiger partial charge in [0, 0.05) is 29.9 Å². The van der Waals surface area contributed by atoms with Crippen molar-refractivity contribution in [3.8, 4) is 11.3 Å². The number of nitrogens with zero attached hydrogens (tertiary/aromatic N) is 4. The maximum Gasteiger partial charge on any atom is 0.273 e. The fraction of sp³-hybridized carbons (Fsp3) is 0.136. The maximum absolute atomic E-state index is 13.6. The van der Waals surface area contributed by atoms with Crippen LogP contribution >= 0.6 is 0 Å². The van der Waals surface area contributed by atoms with Crippen molar-refractivity contribution >= 4 is 5.84 Å². The number of allylic oxidation sites excluding steroid dienone is 4. The molecule has 1 aliphatic rings. The Morgan fingerprint density at radius 3 is 2.50 bits per heavy atom. The third kappa shape index (κ3) is 4.34. The fourth-order valence-corrected chi connectivity index (χ4v) is 3.30. The number of rotatable bonds is 5. The van der Waals surface area contributed by atoms with Crippen LogP contribution in [0.5, 0.6) is 0 Å². The van der Waals surface area contributed by atoms with Gasteiger partial charge in [0.1, 0.15) is 5.82 Å². The zero-order valence-electron chi connectivity index (χ0n) is 16.7. The predicted octanol–water partition coefficient (Wildman–Crippen LogP) is 1.25. The SMILES string of the molecule is NC(=[NH2+])c1cnc(C2C=C(Cn3nc(-c4cc(F)c(F)c(F)c4)ccc3=O)C=CC2)nc1. The molecule has 0 fully saturated rings. The van der Waals surface area contributed by atoms with E-state index in [4.69, 9.17) is 11.1 Å². The lowest BCUT2D eigenvalue weighted by molar-refractivity contribution is -0.114. The van der Waals surface area contributed by atoms with E-state index >= 15 is 0 Å². The van der Waals surface area contributed by atoms with E-state index < -0.39 is 23.0 Å². The van der Waals surface area contributed by atoms with E-state index in [-0.39, 0.29) is 29.6 Å². The minimum absolute atomic E-state index is 0.0191. The van der Waals surface area contributed by atoms with Gasteiger partial charge in [0.05, 0.1) is 17.8 Å². The Hall–Kier alpha value is -4.08. The van der Waals surface area contributed by atoms with Crippen LogP contribution in [-0.2, 0) is 6.54 Å². The van der Waals surface area contributed by atoms with Crippen LogP contribution in [-0.4, -0.2) is 25.6 Å². The standard InChI is InChI=1S/C22H17F3N6O/c23-16-7-14(8-17(24)20(16)25)18-4-5-19(32)31(30-18)11-12-2-1-3-13(6-12)22-28-9-15(10-29-22)21(26)27/h1-2,4-10,13H,3,11H2,(H3,26,27)/p+1. The molecule has 7 nitrogen and oxygen atoms in total. The van der Waals surface area contributed by atoms with Crippen molar-refractivity contribution in [2.75, 3.05) is 0 Å². The van der Waals surface area contributed by atoms with E-state index in [2.05, 4.69) is 15.1 Å². The van der Waals surface area contributed by atoms with Gasteiger partial charge in [-0.15, -0.1) is 0 Å². The van der Waals surface area contributed by atoms with Crippen molar-refractivity contribution in [1.82, 2.24) is 19.7 Å². The Labute approximate surface area is 180 Å². The molecule has 0 radical (unpaired) electrons. The number of halogens is 3. The lowest BCUT2D eigenvalue weighted by atomic mass is 9.95. The Morgan fingerprint density at radius 2 is 1.84 bits per heavy atom. The molecule has 2 aromatic heterocycles. The Kier molecular flexibility index (Phi) is 5.67. The van der Waals surface area contributed by atoms with Gasteiger partial charge < -0.3 is 0 Å². The summed E-state index contributed by atoms with van der Waals surface area (Å²) in [4.78, 5) is 20.9. The lowest BCUT2D eigenvalue weighted by Crippen LogP contribution is -2.46. The van der Waals surface area contributed by atoms with Gasteiger partial charge in [-0.3, -0.25) is 15.9 Å². The van der Waals surface area contributed by atoms with E-state index in [0.29, 0.717) is 17.8 Å². The second-order valence-electron chi connectivity index (χ2n) is 7.24. The lowest BCUT2D eigenvalue weighted by Gasteiger charge is -2.16. The summed E-state index contributed by atoms with van der Waals surface area (Å²) in [5.41, 5.74) is 6.60. The highest BCUT2D eigenvalue weighted by Crippen LogP contribution is 2.25. The minimum atomic E-state index is -1.56. The van der Waals surface area contributed by atoms with E-state index in [1.165, 1.54) is 16.8 Å². The summed E-state index contributed by atoms with van der Waals surface area (Å²) < 4.78 is 41.6. The second-order valence-corrected chi connectivity index (χ2v) is 7.24. The molecule has 0 amide bonds. The van der Waals surface area contributed by atoms with Crippen molar-refractivity contribution in [3.05, 3.63) is 99.7 Å². The van der Waals surface area contributed by atoms with Crippen molar-refractivity contribution in [1.29, 1.82) is 0 Å². The molecule has 1 atom stereocenters. The highest BCUT2D eigenvalue weighted by molar-refractivity contribution is 5.91. The van der Waals surface area contributed by atoms with Crippen molar-refractivity contribution in [2.24, 2.45) is 5.73 Å². The highest BCUT2D eigenvalue weighted by atomic mass is 19.2. The van der Waals surface area contributed by atoms with Gasteiger partial charge >= 0.3 is 0 Å². The smallest absolute Gasteiger partial charge is 0.273 e. The van der Waals surface area contributed by atoms with Gasteiger partial charge in [0.2, 0.25) is 0 Å². The fourth-order valence-electron chi connectivity index (χ4n) is 3.30. The molecule has 0 bridgehead atoms. The first-order valence-corrected chi connectivity index (χ1v) is 9.62. The van der Waals surface area contributed by atoms with E-state index in [9.17, 15) is 18.0 Å². The molecule has 1 aromatic carbocycles. The Morgan fingerprint density at radius 1 is 1.16 bits per heavy atom. The zero-order valence-corrected chi connectivity index (χ0v) is 16.7. The van der Waals surface area contributed by atoms with Gasteiger partial charge in [-0.25, -0.2) is 27.8 Å².